The topological polar surface area (TPSA) is 61.8 Å². The van der Waals surface area contributed by atoms with E-state index in [4.69, 9.17) is 9.73 Å². The van der Waals surface area contributed by atoms with E-state index in [1.54, 1.807) is 11.3 Å². The van der Waals surface area contributed by atoms with E-state index in [1.807, 2.05) is 6.20 Å². The predicted molar refractivity (Wildman–Crippen MR) is 125 cm³/mol. The van der Waals surface area contributed by atoms with Crippen LogP contribution in [0.15, 0.2) is 11.2 Å². The number of nitrogens with zero attached hydrogens (tertiary/aromatic N) is 3. The van der Waals surface area contributed by atoms with Crippen molar-refractivity contribution in [2.75, 3.05) is 39.4 Å². The Kier molecular flexibility index (Phi) is 12.5. The first-order chi connectivity index (χ1) is 12.6. The van der Waals surface area contributed by atoms with Gasteiger partial charge in [-0.25, -0.2) is 9.98 Å². The van der Waals surface area contributed by atoms with Gasteiger partial charge in [-0.3, -0.25) is 4.90 Å². The third kappa shape index (κ3) is 9.06. The molecule has 1 aromatic heterocycles. The Morgan fingerprint density at radius 2 is 2.04 bits per heavy atom. The van der Waals surface area contributed by atoms with Crippen LogP contribution in [0.2, 0.25) is 0 Å². The molecule has 0 spiro atoms. The molecule has 0 amide bonds. The third-order valence-corrected chi connectivity index (χ3v) is 5.60. The third-order valence-electron chi connectivity index (χ3n) is 4.48. The number of rotatable bonds is 9. The number of ether oxygens (including phenoxy) is 1. The zero-order valence-corrected chi connectivity index (χ0v) is 20.3. The number of thiazole rings is 1. The Morgan fingerprint density at radius 3 is 2.63 bits per heavy atom. The molecule has 1 aromatic rings. The van der Waals surface area contributed by atoms with Gasteiger partial charge in [0.1, 0.15) is 5.01 Å². The first-order valence-corrected chi connectivity index (χ1v) is 10.7. The summed E-state index contributed by atoms with van der Waals surface area (Å²) in [4.78, 5) is 13.1. The first-order valence-electron chi connectivity index (χ1n) is 9.89. The van der Waals surface area contributed by atoms with Crippen LogP contribution in [-0.2, 0) is 17.7 Å². The summed E-state index contributed by atoms with van der Waals surface area (Å²) in [5.41, 5.74) is 0. The molecule has 1 aliphatic rings. The van der Waals surface area contributed by atoms with Gasteiger partial charge in [0.25, 0.3) is 0 Å². The molecule has 1 fully saturated rings. The molecule has 0 aliphatic carbocycles. The van der Waals surface area contributed by atoms with Crippen molar-refractivity contribution in [3.05, 3.63) is 16.1 Å². The molecule has 2 rings (SSSR count). The highest BCUT2D eigenvalue weighted by molar-refractivity contribution is 14.0. The van der Waals surface area contributed by atoms with Crippen LogP contribution >= 0.6 is 35.3 Å². The zero-order valence-electron chi connectivity index (χ0n) is 17.2. The molecule has 8 heteroatoms. The fourth-order valence-electron chi connectivity index (χ4n) is 3.14. The Bertz CT molecular complexity index is 546. The maximum Gasteiger partial charge on any atom is 0.191 e. The first kappa shape index (κ1) is 24.6. The van der Waals surface area contributed by atoms with E-state index in [0.29, 0.717) is 18.5 Å². The Morgan fingerprint density at radius 1 is 1.30 bits per heavy atom. The van der Waals surface area contributed by atoms with Gasteiger partial charge in [-0.1, -0.05) is 20.8 Å². The summed E-state index contributed by atoms with van der Waals surface area (Å²) in [5.74, 6) is 1.55. The number of aryl methyl sites for hydroxylation is 1. The van der Waals surface area contributed by atoms with Crippen molar-refractivity contribution in [3.8, 4) is 0 Å². The van der Waals surface area contributed by atoms with E-state index in [0.717, 1.165) is 56.8 Å². The maximum absolute atomic E-state index is 5.51. The number of aliphatic imine (C=N–C) groups is 1. The molecular formula is C19H36IN5OS. The quantitative estimate of drug-likeness (QED) is 0.304. The lowest BCUT2D eigenvalue weighted by atomic mass is 10.0. The van der Waals surface area contributed by atoms with Gasteiger partial charge in [-0.2, -0.15) is 0 Å². The SMILES string of the molecule is CCNC(=NCc1ncc(CC)s1)NCC(CC(C)C)N1CCOCC1.I. The Balaban J connectivity index is 0.00000364. The molecule has 0 bridgehead atoms. The monoisotopic (exact) mass is 509 g/mol. The second-order valence-electron chi connectivity index (χ2n) is 7.08. The van der Waals surface area contributed by atoms with Gasteiger partial charge >= 0.3 is 0 Å². The summed E-state index contributed by atoms with van der Waals surface area (Å²) >= 11 is 1.75. The molecule has 156 valence electrons. The van der Waals surface area contributed by atoms with Crippen LogP contribution in [0.5, 0.6) is 0 Å². The van der Waals surface area contributed by atoms with Gasteiger partial charge in [-0.15, -0.1) is 35.3 Å². The van der Waals surface area contributed by atoms with Crippen LogP contribution in [-0.4, -0.2) is 61.3 Å². The molecule has 0 radical (unpaired) electrons. The van der Waals surface area contributed by atoms with Gasteiger partial charge in [0.05, 0.1) is 19.8 Å². The highest BCUT2D eigenvalue weighted by Crippen LogP contribution is 2.15. The van der Waals surface area contributed by atoms with E-state index in [9.17, 15) is 0 Å². The van der Waals surface area contributed by atoms with Crippen molar-refractivity contribution in [1.82, 2.24) is 20.5 Å². The van der Waals surface area contributed by atoms with Gasteiger partial charge in [0, 0.05) is 43.3 Å². The highest BCUT2D eigenvalue weighted by Gasteiger charge is 2.22. The average Bonchev–Trinajstić information content (AvgIpc) is 3.11. The van der Waals surface area contributed by atoms with Crippen LogP contribution < -0.4 is 10.6 Å². The van der Waals surface area contributed by atoms with Crippen molar-refractivity contribution < 1.29 is 4.74 Å². The van der Waals surface area contributed by atoms with Crippen molar-refractivity contribution in [2.24, 2.45) is 10.9 Å². The lowest BCUT2D eigenvalue weighted by Crippen LogP contribution is -2.51. The number of hydrogen-bond donors (Lipinski definition) is 2. The molecule has 2 N–H and O–H groups in total. The maximum atomic E-state index is 5.51. The summed E-state index contributed by atoms with van der Waals surface area (Å²) in [7, 11) is 0. The molecule has 1 aliphatic heterocycles. The summed E-state index contributed by atoms with van der Waals surface area (Å²) < 4.78 is 5.51. The minimum atomic E-state index is 0. The molecule has 1 unspecified atom stereocenters. The minimum absolute atomic E-state index is 0. The van der Waals surface area contributed by atoms with Gasteiger partial charge in [-0.05, 0) is 25.7 Å². The van der Waals surface area contributed by atoms with Crippen LogP contribution in [0.25, 0.3) is 0 Å². The molecule has 6 nitrogen and oxygen atoms in total. The summed E-state index contributed by atoms with van der Waals surface area (Å²) in [6.45, 7) is 15.0. The van der Waals surface area contributed by atoms with Crippen molar-refractivity contribution >= 4 is 41.3 Å². The second kappa shape index (κ2) is 13.7. The highest BCUT2D eigenvalue weighted by atomic mass is 127. The van der Waals surface area contributed by atoms with E-state index >= 15 is 0 Å². The standard InChI is InChI=1S/C19H35N5OS.HI/c1-5-17-13-21-18(26-17)14-23-19(20-6-2)22-12-16(11-15(3)4)24-7-9-25-10-8-24;/h13,15-16H,5-12,14H2,1-4H3,(H2,20,22,23);1H. The van der Waals surface area contributed by atoms with E-state index < -0.39 is 0 Å². The molecule has 2 heterocycles. The van der Waals surface area contributed by atoms with Crippen LogP contribution in [0.4, 0.5) is 0 Å². The molecular weight excluding hydrogens is 473 g/mol. The second-order valence-corrected chi connectivity index (χ2v) is 8.28. The van der Waals surface area contributed by atoms with Crippen LogP contribution in [0, 0.1) is 5.92 Å². The molecule has 27 heavy (non-hydrogen) atoms. The number of hydrogen-bond acceptors (Lipinski definition) is 5. The zero-order chi connectivity index (χ0) is 18.8. The van der Waals surface area contributed by atoms with E-state index in [2.05, 4.69) is 48.2 Å². The van der Waals surface area contributed by atoms with Crippen LogP contribution in [0.3, 0.4) is 0 Å². The molecule has 1 atom stereocenters. The van der Waals surface area contributed by atoms with Crippen molar-refractivity contribution in [2.45, 2.75) is 53.1 Å². The molecule has 0 saturated carbocycles. The van der Waals surface area contributed by atoms with Crippen LogP contribution in [0.1, 0.15) is 44.0 Å². The minimum Gasteiger partial charge on any atom is -0.379 e. The average molecular weight is 510 g/mol. The van der Waals surface area contributed by atoms with Crippen molar-refractivity contribution in [3.63, 3.8) is 0 Å². The summed E-state index contributed by atoms with van der Waals surface area (Å²) in [6, 6.07) is 0.509. The summed E-state index contributed by atoms with van der Waals surface area (Å²) in [6.07, 6.45) is 4.18. The summed E-state index contributed by atoms with van der Waals surface area (Å²) in [5, 5.41) is 7.98. The smallest absolute Gasteiger partial charge is 0.191 e. The van der Waals surface area contributed by atoms with Crippen molar-refractivity contribution in [1.29, 1.82) is 0 Å². The largest absolute Gasteiger partial charge is 0.379 e. The van der Waals surface area contributed by atoms with E-state index in [1.165, 1.54) is 11.3 Å². The number of morpholine rings is 1. The predicted octanol–water partition coefficient (Wildman–Crippen LogP) is 3.13. The molecule has 1 saturated heterocycles. The number of guanidine groups is 1. The fourth-order valence-corrected chi connectivity index (χ4v) is 3.92. The van der Waals surface area contributed by atoms with Gasteiger partial charge < -0.3 is 15.4 Å². The lowest BCUT2D eigenvalue weighted by Gasteiger charge is -2.35. The van der Waals surface area contributed by atoms with E-state index in [-0.39, 0.29) is 24.0 Å². The number of nitrogens with one attached hydrogen (secondary N) is 2. The van der Waals surface area contributed by atoms with Gasteiger partial charge in [0.2, 0.25) is 0 Å². The normalized spacial score (nSPS) is 16.9. The number of aromatic nitrogens is 1. The van der Waals surface area contributed by atoms with Gasteiger partial charge in [0.15, 0.2) is 5.96 Å². The lowest BCUT2D eigenvalue weighted by molar-refractivity contribution is 0.0132. The fraction of sp³-hybridized carbons (Fsp3) is 0.789. The Hall–Kier alpha value is -0.450. The Labute approximate surface area is 185 Å². The molecule has 0 aromatic carbocycles. The number of halogens is 1.